The molecule has 0 unspecified atom stereocenters. The maximum absolute atomic E-state index is 14.5. The van der Waals surface area contributed by atoms with E-state index in [9.17, 15) is 14.3 Å². The fraction of sp³-hybridized carbons (Fsp3) is 0.0952. The molecule has 0 radical (unpaired) electrons. The van der Waals surface area contributed by atoms with Gasteiger partial charge in [0.25, 0.3) is 0 Å². The molecular weight excluding hydrogens is 415 g/mol. The normalized spacial score (nSPS) is 11.2. The van der Waals surface area contributed by atoms with Crippen molar-refractivity contribution in [2.24, 2.45) is 0 Å². The lowest BCUT2D eigenvalue weighted by Gasteiger charge is -2.05. The monoisotopic (exact) mass is 428 g/mol. The van der Waals surface area contributed by atoms with E-state index in [4.69, 9.17) is 9.15 Å². The fourth-order valence-corrected chi connectivity index (χ4v) is 3.53. The molecule has 4 nitrogen and oxygen atoms in total. The largest absolute Gasteiger partial charge is 0.507 e. The summed E-state index contributed by atoms with van der Waals surface area (Å²) in [5.41, 5.74) is 0.609. The van der Waals surface area contributed by atoms with Crippen molar-refractivity contribution in [3.05, 3.63) is 64.4 Å². The first kappa shape index (κ1) is 17.5. The maximum Gasteiger partial charge on any atom is 0.342 e. The summed E-state index contributed by atoms with van der Waals surface area (Å²) in [5.74, 6) is -1.10. The molecule has 0 spiro atoms. The Morgan fingerprint density at radius 3 is 2.63 bits per heavy atom. The van der Waals surface area contributed by atoms with Crippen molar-refractivity contribution in [1.82, 2.24) is 0 Å². The molecule has 0 aliphatic rings. The Kier molecular flexibility index (Phi) is 4.36. The van der Waals surface area contributed by atoms with E-state index in [1.807, 2.05) is 0 Å². The molecule has 6 heteroatoms. The Morgan fingerprint density at radius 1 is 1.15 bits per heavy atom. The Morgan fingerprint density at radius 2 is 1.89 bits per heavy atom. The third-order valence-corrected chi connectivity index (χ3v) is 4.82. The molecule has 0 saturated carbocycles. The second-order valence-corrected chi connectivity index (χ2v) is 6.88. The standard InChI is InChI=1S/C21H14BrFO4/c1-2-26-21(25)18-15-10-17(24)12-5-3-4-6-13(12)19(15)27-20(18)14-9-11(22)7-8-16(14)23/h3-10,24H,2H2,1H3. The van der Waals surface area contributed by atoms with Crippen LogP contribution in [0.2, 0.25) is 0 Å². The average molecular weight is 429 g/mol. The van der Waals surface area contributed by atoms with E-state index in [0.29, 0.717) is 26.2 Å². The van der Waals surface area contributed by atoms with Gasteiger partial charge in [0.05, 0.1) is 12.2 Å². The van der Waals surface area contributed by atoms with E-state index in [2.05, 4.69) is 15.9 Å². The number of fused-ring (bicyclic) bond motifs is 3. The number of halogens is 2. The summed E-state index contributed by atoms with van der Waals surface area (Å²) in [4.78, 5) is 12.7. The Bertz CT molecular complexity index is 1200. The summed E-state index contributed by atoms with van der Waals surface area (Å²) in [7, 11) is 0. The third kappa shape index (κ3) is 2.86. The summed E-state index contributed by atoms with van der Waals surface area (Å²) in [6.45, 7) is 1.85. The van der Waals surface area contributed by atoms with Crippen LogP contribution in [0.4, 0.5) is 4.39 Å². The van der Waals surface area contributed by atoms with Crippen molar-refractivity contribution in [3.63, 3.8) is 0 Å². The minimum absolute atomic E-state index is 0.00529. The zero-order valence-electron chi connectivity index (χ0n) is 14.3. The first-order valence-corrected chi connectivity index (χ1v) is 9.10. The Balaban J connectivity index is 2.14. The van der Waals surface area contributed by atoms with Crippen LogP contribution in [-0.2, 0) is 4.74 Å². The third-order valence-electron chi connectivity index (χ3n) is 4.33. The van der Waals surface area contributed by atoms with Crippen LogP contribution < -0.4 is 0 Å². The van der Waals surface area contributed by atoms with Crippen molar-refractivity contribution >= 4 is 43.6 Å². The van der Waals surface area contributed by atoms with Crippen LogP contribution in [0, 0.1) is 5.82 Å². The number of phenols is 1. The Labute approximate surface area is 162 Å². The van der Waals surface area contributed by atoms with Crippen molar-refractivity contribution in [1.29, 1.82) is 0 Å². The lowest BCUT2D eigenvalue weighted by atomic mass is 10.0. The molecule has 4 rings (SSSR count). The molecule has 1 heterocycles. The van der Waals surface area contributed by atoms with Crippen LogP contribution in [0.25, 0.3) is 33.1 Å². The number of carbonyl (C=O) groups is 1. The minimum atomic E-state index is -0.639. The molecule has 0 atom stereocenters. The molecular formula is C21H14BrFO4. The van der Waals surface area contributed by atoms with Gasteiger partial charge >= 0.3 is 5.97 Å². The summed E-state index contributed by atoms with van der Waals surface area (Å²) in [6, 6.07) is 13.0. The van der Waals surface area contributed by atoms with Gasteiger partial charge in [-0.15, -0.1) is 0 Å². The number of rotatable bonds is 3. The predicted molar refractivity (Wildman–Crippen MR) is 104 cm³/mol. The van der Waals surface area contributed by atoms with Crippen molar-refractivity contribution in [2.75, 3.05) is 6.61 Å². The quantitative estimate of drug-likeness (QED) is 0.404. The summed E-state index contributed by atoms with van der Waals surface area (Å²) >= 11 is 3.32. The molecule has 0 saturated heterocycles. The van der Waals surface area contributed by atoms with Gasteiger partial charge in [0, 0.05) is 20.6 Å². The van der Waals surface area contributed by atoms with E-state index in [1.54, 1.807) is 37.3 Å². The van der Waals surface area contributed by atoms with E-state index in [-0.39, 0.29) is 29.2 Å². The van der Waals surface area contributed by atoms with Gasteiger partial charge in [-0.2, -0.15) is 0 Å². The number of ether oxygens (including phenoxy) is 1. The number of furan rings is 1. The van der Waals surface area contributed by atoms with Crippen molar-refractivity contribution < 1.29 is 23.4 Å². The Hall–Kier alpha value is -2.86. The van der Waals surface area contributed by atoms with E-state index < -0.39 is 11.8 Å². The van der Waals surface area contributed by atoms with Crippen LogP contribution in [0.5, 0.6) is 5.75 Å². The SMILES string of the molecule is CCOC(=O)c1c(-c2cc(Br)ccc2F)oc2c1cc(O)c1ccccc12. The van der Waals surface area contributed by atoms with Gasteiger partial charge in [-0.3, -0.25) is 0 Å². The lowest BCUT2D eigenvalue weighted by molar-refractivity contribution is 0.0529. The van der Waals surface area contributed by atoms with Crippen LogP contribution in [0.3, 0.4) is 0 Å². The van der Waals surface area contributed by atoms with E-state index in [0.717, 1.165) is 0 Å². The minimum Gasteiger partial charge on any atom is -0.507 e. The van der Waals surface area contributed by atoms with Crippen LogP contribution in [-0.4, -0.2) is 17.7 Å². The van der Waals surface area contributed by atoms with E-state index >= 15 is 0 Å². The molecule has 136 valence electrons. The molecule has 0 fully saturated rings. The molecule has 4 aromatic rings. The topological polar surface area (TPSA) is 59.7 Å². The zero-order chi connectivity index (χ0) is 19.1. The highest BCUT2D eigenvalue weighted by atomic mass is 79.9. The van der Waals surface area contributed by atoms with Gasteiger partial charge < -0.3 is 14.3 Å². The molecule has 27 heavy (non-hydrogen) atoms. The fourth-order valence-electron chi connectivity index (χ4n) is 3.17. The highest BCUT2D eigenvalue weighted by Crippen LogP contribution is 2.42. The number of hydrogen-bond acceptors (Lipinski definition) is 4. The molecule has 1 N–H and O–H groups in total. The number of hydrogen-bond donors (Lipinski definition) is 1. The number of benzene rings is 3. The average Bonchev–Trinajstić information content (AvgIpc) is 3.03. The second kappa shape index (κ2) is 6.70. The second-order valence-electron chi connectivity index (χ2n) is 5.97. The summed E-state index contributed by atoms with van der Waals surface area (Å²) in [6.07, 6.45) is 0. The van der Waals surface area contributed by atoms with E-state index in [1.165, 1.54) is 18.2 Å². The van der Waals surface area contributed by atoms with Gasteiger partial charge in [-0.1, -0.05) is 40.2 Å². The van der Waals surface area contributed by atoms with Gasteiger partial charge in [-0.05, 0) is 31.2 Å². The van der Waals surface area contributed by atoms with Crippen molar-refractivity contribution in [2.45, 2.75) is 6.92 Å². The number of phenolic OH excluding ortho intramolecular Hbond substituents is 1. The summed E-state index contributed by atoms with van der Waals surface area (Å²) < 4.78 is 26.3. The highest BCUT2D eigenvalue weighted by Gasteiger charge is 2.27. The smallest absolute Gasteiger partial charge is 0.342 e. The maximum atomic E-state index is 14.5. The van der Waals surface area contributed by atoms with Gasteiger partial charge in [0.1, 0.15) is 22.7 Å². The molecule has 0 aliphatic carbocycles. The number of carbonyl (C=O) groups excluding carboxylic acids is 1. The van der Waals surface area contributed by atoms with Crippen LogP contribution >= 0.6 is 15.9 Å². The molecule has 0 amide bonds. The predicted octanol–water partition coefficient (Wildman–Crippen LogP) is 6.04. The zero-order valence-corrected chi connectivity index (χ0v) is 15.8. The van der Waals surface area contributed by atoms with Gasteiger partial charge in [0.15, 0.2) is 5.76 Å². The molecule has 0 bridgehead atoms. The van der Waals surface area contributed by atoms with Gasteiger partial charge in [0.2, 0.25) is 0 Å². The molecule has 1 aromatic heterocycles. The first-order chi connectivity index (χ1) is 13.0. The molecule has 0 aliphatic heterocycles. The number of esters is 1. The lowest BCUT2D eigenvalue weighted by Crippen LogP contribution is -2.05. The summed E-state index contributed by atoms with van der Waals surface area (Å²) in [5, 5.41) is 12.0. The van der Waals surface area contributed by atoms with Gasteiger partial charge in [-0.25, -0.2) is 9.18 Å². The molecule has 3 aromatic carbocycles. The number of aromatic hydroxyl groups is 1. The first-order valence-electron chi connectivity index (χ1n) is 8.31. The van der Waals surface area contributed by atoms with Crippen molar-refractivity contribution in [3.8, 4) is 17.1 Å². The highest BCUT2D eigenvalue weighted by molar-refractivity contribution is 9.10. The van der Waals surface area contributed by atoms with Crippen LogP contribution in [0.15, 0.2) is 57.4 Å². The van der Waals surface area contributed by atoms with Crippen LogP contribution in [0.1, 0.15) is 17.3 Å².